The molecule has 21 heavy (non-hydrogen) atoms. The molecular formula is C13H15NO7. The molecule has 0 radical (unpaired) electrons. The highest BCUT2D eigenvalue weighted by atomic mass is 16.5. The van der Waals surface area contributed by atoms with Crippen molar-refractivity contribution in [2.45, 2.75) is 12.5 Å². The van der Waals surface area contributed by atoms with E-state index in [0.717, 1.165) is 0 Å². The van der Waals surface area contributed by atoms with Gasteiger partial charge in [0.15, 0.2) is 11.5 Å². The van der Waals surface area contributed by atoms with Crippen LogP contribution in [0.5, 0.6) is 11.5 Å². The van der Waals surface area contributed by atoms with Gasteiger partial charge in [-0.1, -0.05) is 0 Å². The van der Waals surface area contributed by atoms with Crippen LogP contribution < -0.4 is 14.8 Å². The molecule has 1 aromatic carbocycles. The van der Waals surface area contributed by atoms with Gasteiger partial charge in [-0.05, 0) is 18.2 Å². The van der Waals surface area contributed by atoms with E-state index in [1.807, 2.05) is 0 Å². The Kier molecular flexibility index (Phi) is 5.53. The number of hydrogen-bond acceptors (Lipinski definition) is 5. The minimum atomic E-state index is -1.51. The monoisotopic (exact) mass is 297 g/mol. The van der Waals surface area contributed by atoms with Gasteiger partial charge in [0.25, 0.3) is 5.91 Å². The number of carboxylic acid groups (broad SMARTS) is 2. The molecule has 8 nitrogen and oxygen atoms in total. The normalized spacial score (nSPS) is 11.3. The molecule has 1 aromatic rings. The van der Waals surface area contributed by atoms with E-state index >= 15 is 0 Å². The summed E-state index contributed by atoms with van der Waals surface area (Å²) in [4.78, 5) is 33.4. The van der Waals surface area contributed by atoms with Crippen LogP contribution in [0.25, 0.3) is 0 Å². The second kappa shape index (κ2) is 7.13. The van der Waals surface area contributed by atoms with Crippen LogP contribution in [-0.2, 0) is 9.59 Å². The number of carboxylic acids is 2. The van der Waals surface area contributed by atoms with E-state index in [2.05, 4.69) is 5.32 Å². The highest BCUT2D eigenvalue weighted by Gasteiger charge is 2.24. The maximum absolute atomic E-state index is 11.9. The maximum atomic E-state index is 11.9. The predicted octanol–water partition coefficient (Wildman–Crippen LogP) is 0.361. The molecule has 1 atom stereocenters. The lowest BCUT2D eigenvalue weighted by molar-refractivity contribution is -0.145. The molecule has 0 saturated heterocycles. The van der Waals surface area contributed by atoms with Crippen LogP contribution in [0.1, 0.15) is 16.8 Å². The van der Waals surface area contributed by atoms with Gasteiger partial charge >= 0.3 is 11.9 Å². The number of nitrogens with one attached hydrogen (secondary N) is 1. The van der Waals surface area contributed by atoms with Gasteiger partial charge in [0.1, 0.15) is 6.04 Å². The molecule has 0 aliphatic heterocycles. The first-order valence-electron chi connectivity index (χ1n) is 5.86. The zero-order chi connectivity index (χ0) is 16.0. The van der Waals surface area contributed by atoms with Crippen LogP contribution in [0.2, 0.25) is 0 Å². The molecule has 0 aliphatic rings. The minimum Gasteiger partial charge on any atom is -0.493 e. The molecule has 114 valence electrons. The SMILES string of the molecule is COc1ccc(C(=O)N[C@H](CC(=O)O)C(=O)O)cc1OC. The lowest BCUT2D eigenvalue weighted by Gasteiger charge is -2.13. The summed E-state index contributed by atoms with van der Waals surface area (Å²) in [7, 11) is 2.83. The van der Waals surface area contributed by atoms with Crippen molar-refractivity contribution in [2.75, 3.05) is 14.2 Å². The first-order chi connectivity index (χ1) is 9.88. The summed E-state index contributed by atoms with van der Waals surface area (Å²) in [5.41, 5.74) is 0.129. The van der Waals surface area contributed by atoms with Gasteiger partial charge in [-0.3, -0.25) is 9.59 Å². The third-order valence-electron chi connectivity index (χ3n) is 2.63. The smallest absolute Gasteiger partial charge is 0.326 e. The number of hydrogen-bond donors (Lipinski definition) is 3. The number of aliphatic carboxylic acids is 2. The van der Waals surface area contributed by atoms with Crippen LogP contribution in [0, 0.1) is 0 Å². The second-order valence-corrected chi connectivity index (χ2v) is 4.03. The number of ether oxygens (including phenoxy) is 2. The molecule has 0 bridgehead atoms. The number of benzene rings is 1. The topological polar surface area (TPSA) is 122 Å². The standard InChI is InChI=1S/C13H15NO7/c1-20-9-4-3-7(5-10(9)21-2)12(17)14-8(13(18)19)6-11(15)16/h3-5,8H,6H2,1-2H3,(H,14,17)(H,15,16)(H,18,19)/t8-/m1/s1. The van der Waals surface area contributed by atoms with Crippen molar-refractivity contribution in [2.24, 2.45) is 0 Å². The van der Waals surface area contributed by atoms with Gasteiger partial charge in [-0.25, -0.2) is 4.79 Å². The minimum absolute atomic E-state index is 0.129. The van der Waals surface area contributed by atoms with Crippen molar-refractivity contribution >= 4 is 17.8 Å². The number of carbonyl (C=O) groups is 3. The number of rotatable bonds is 7. The molecule has 8 heteroatoms. The first kappa shape index (κ1) is 16.3. The third-order valence-corrected chi connectivity index (χ3v) is 2.63. The Bertz CT molecular complexity index is 555. The largest absolute Gasteiger partial charge is 0.493 e. The summed E-state index contributed by atoms with van der Waals surface area (Å²) in [6, 6.07) is 2.76. The fraction of sp³-hybridized carbons (Fsp3) is 0.308. The molecule has 0 spiro atoms. The summed E-state index contributed by atoms with van der Waals surface area (Å²) in [5.74, 6) is -2.75. The number of carbonyl (C=O) groups excluding carboxylic acids is 1. The molecule has 3 N–H and O–H groups in total. The summed E-state index contributed by atoms with van der Waals surface area (Å²) in [5, 5.41) is 19.6. The van der Waals surface area contributed by atoms with Crippen LogP contribution in [0.4, 0.5) is 0 Å². The van der Waals surface area contributed by atoms with E-state index in [1.165, 1.54) is 32.4 Å². The van der Waals surface area contributed by atoms with Crippen molar-refractivity contribution in [1.29, 1.82) is 0 Å². The van der Waals surface area contributed by atoms with Crippen LogP contribution in [-0.4, -0.2) is 48.3 Å². The Hall–Kier alpha value is -2.77. The van der Waals surface area contributed by atoms with E-state index < -0.39 is 30.3 Å². The van der Waals surface area contributed by atoms with Crippen LogP contribution in [0.3, 0.4) is 0 Å². The van der Waals surface area contributed by atoms with E-state index in [9.17, 15) is 14.4 Å². The summed E-state index contributed by atoms with van der Waals surface area (Å²) in [6.07, 6.45) is -0.714. The summed E-state index contributed by atoms with van der Waals surface area (Å²) >= 11 is 0. The number of amides is 1. The fourth-order valence-electron chi connectivity index (χ4n) is 1.59. The van der Waals surface area contributed by atoms with Gasteiger partial charge in [0, 0.05) is 5.56 Å². The molecule has 0 aromatic heterocycles. The van der Waals surface area contributed by atoms with Crippen molar-refractivity contribution < 1.29 is 34.1 Å². The fourth-order valence-corrected chi connectivity index (χ4v) is 1.59. The molecule has 0 aliphatic carbocycles. The highest BCUT2D eigenvalue weighted by molar-refractivity contribution is 5.97. The second-order valence-electron chi connectivity index (χ2n) is 4.03. The van der Waals surface area contributed by atoms with Crippen molar-refractivity contribution in [1.82, 2.24) is 5.32 Å². The quantitative estimate of drug-likeness (QED) is 0.664. The molecule has 0 heterocycles. The zero-order valence-corrected chi connectivity index (χ0v) is 11.5. The summed E-state index contributed by atoms with van der Waals surface area (Å²) in [6.45, 7) is 0. The van der Waals surface area contributed by atoms with Gasteiger partial charge in [0.2, 0.25) is 0 Å². The molecule has 1 rings (SSSR count). The van der Waals surface area contributed by atoms with Gasteiger partial charge in [-0.15, -0.1) is 0 Å². The zero-order valence-electron chi connectivity index (χ0n) is 11.5. The Balaban J connectivity index is 2.92. The lowest BCUT2D eigenvalue weighted by atomic mass is 10.1. The van der Waals surface area contributed by atoms with Gasteiger partial charge in [0.05, 0.1) is 20.6 Å². The Morgan fingerprint density at radius 1 is 1.14 bits per heavy atom. The molecule has 0 unspecified atom stereocenters. The van der Waals surface area contributed by atoms with E-state index in [4.69, 9.17) is 19.7 Å². The van der Waals surface area contributed by atoms with Crippen LogP contribution in [0.15, 0.2) is 18.2 Å². The highest BCUT2D eigenvalue weighted by Crippen LogP contribution is 2.27. The third kappa shape index (κ3) is 4.37. The van der Waals surface area contributed by atoms with Gasteiger partial charge < -0.3 is 25.0 Å². The first-order valence-corrected chi connectivity index (χ1v) is 5.86. The van der Waals surface area contributed by atoms with Crippen LogP contribution >= 0.6 is 0 Å². The van der Waals surface area contributed by atoms with Crippen molar-refractivity contribution in [3.05, 3.63) is 23.8 Å². The predicted molar refractivity (Wildman–Crippen MR) is 70.7 cm³/mol. The maximum Gasteiger partial charge on any atom is 0.326 e. The van der Waals surface area contributed by atoms with E-state index in [-0.39, 0.29) is 5.56 Å². The number of methoxy groups -OCH3 is 2. The Morgan fingerprint density at radius 2 is 1.76 bits per heavy atom. The van der Waals surface area contributed by atoms with E-state index in [1.54, 1.807) is 0 Å². The van der Waals surface area contributed by atoms with Crippen molar-refractivity contribution in [3.8, 4) is 11.5 Å². The Labute approximate surface area is 120 Å². The Morgan fingerprint density at radius 3 is 2.24 bits per heavy atom. The average Bonchev–Trinajstić information content (AvgIpc) is 2.45. The molecule has 0 saturated carbocycles. The molecule has 0 fully saturated rings. The lowest BCUT2D eigenvalue weighted by Crippen LogP contribution is -2.42. The summed E-state index contributed by atoms with van der Waals surface area (Å²) < 4.78 is 10.0. The van der Waals surface area contributed by atoms with Crippen molar-refractivity contribution in [3.63, 3.8) is 0 Å². The molecule has 1 amide bonds. The van der Waals surface area contributed by atoms with Gasteiger partial charge in [-0.2, -0.15) is 0 Å². The average molecular weight is 297 g/mol. The van der Waals surface area contributed by atoms with E-state index in [0.29, 0.717) is 11.5 Å². The molecular weight excluding hydrogens is 282 g/mol.